The van der Waals surface area contributed by atoms with Gasteiger partial charge in [-0.2, -0.15) is 0 Å². The maximum atomic E-state index is 11.8. The Hall–Kier alpha value is -3.01. The van der Waals surface area contributed by atoms with Crippen LogP contribution in [0.3, 0.4) is 0 Å². The van der Waals surface area contributed by atoms with Crippen molar-refractivity contribution in [3.05, 3.63) is 35.4 Å². The van der Waals surface area contributed by atoms with E-state index in [1.165, 1.54) is 14.2 Å². The van der Waals surface area contributed by atoms with E-state index in [0.29, 0.717) is 11.1 Å². The van der Waals surface area contributed by atoms with Gasteiger partial charge in [0.15, 0.2) is 0 Å². The van der Waals surface area contributed by atoms with Gasteiger partial charge in [0.2, 0.25) is 0 Å². The normalized spacial score (nSPS) is 11.4. The molecule has 0 fully saturated rings. The van der Waals surface area contributed by atoms with E-state index < -0.39 is 29.7 Å². The first-order valence-corrected chi connectivity index (χ1v) is 7.91. The fourth-order valence-electron chi connectivity index (χ4n) is 1.88. The second-order valence-corrected chi connectivity index (χ2v) is 6.30. The van der Waals surface area contributed by atoms with Gasteiger partial charge in [0.1, 0.15) is 11.6 Å². The van der Waals surface area contributed by atoms with Crippen molar-refractivity contribution in [3.8, 4) is 11.8 Å². The largest absolute Gasteiger partial charge is 0.467 e. The van der Waals surface area contributed by atoms with Gasteiger partial charge in [-0.05, 0) is 39.0 Å². The molecule has 1 aromatic carbocycles. The third-order valence-electron chi connectivity index (χ3n) is 3.00. The van der Waals surface area contributed by atoms with E-state index in [4.69, 9.17) is 4.74 Å². The summed E-state index contributed by atoms with van der Waals surface area (Å²) in [7, 11) is 2.52. The number of hydrogen-bond donors (Lipinski definition) is 1. The number of esters is 2. The van der Waals surface area contributed by atoms with Crippen molar-refractivity contribution in [2.24, 2.45) is 0 Å². The number of rotatable bonds is 4. The average molecular weight is 361 g/mol. The highest BCUT2D eigenvalue weighted by Gasteiger charge is 2.24. The van der Waals surface area contributed by atoms with Crippen molar-refractivity contribution in [1.29, 1.82) is 0 Å². The summed E-state index contributed by atoms with van der Waals surface area (Å²) >= 11 is 0. The Balaban J connectivity index is 2.82. The molecular formula is C19H23NO6. The van der Waals surface area contributed by atoms with Gasteiger partial charge in [-0.15, -0.1) is 0 Å². The Bertz CT molecular complexity index is 724. The minimum absolute atomic E-state index is 0.0222. The molecule has 0 heterocycles. The smallest absolute Gasteiger partial charge is 0.408 e. The van der Waals surface area contributed by atoms with Gasteiger partial charge in [-0.3, -0.25) is 0 Å². The van der Waals surface area contributed by atoms with Crippen LogP contribution in [0.2, 0.25) is 0 Å². The molecule has 0 bridgehead atoms. The summed E-state index contributed by atoms with van der Waals surface area (Å²) in [6.45, 7) is 5.15. The third-order valence-corrected chi connectivity index (χ3v) is 3.00. The lowest BCUT2D eigenvalue weighted by molar-refractivity contribution is -0.143. The number of alkyl carbamates (subject to hydrolysis) is 1. The number of hydrogen-bond acceptors (Lipinski definition) is 6. The summed E-state index contributed by atoms with van der Waals surface area (Å²) < 4.78 is 14.5. The molecule has 0 aliphatic heterocycles. The third kappa shape index (κ3) is 7.26. The highest BCUT2D eigenvalue weighted by Crippen LogP contribution is 2.08. The second kappa shape index (κ2) is 9.47. The molecule has 140 valence electrons. The van der Waals surface area contributed by atoms with Gasteiger partial charge in [0.25, 0.3) is 0 Å². The van der Waals surface area contributed by atoms with Crippen molar-refractivity contribution in [3.63, 3.8) is 0 Å². The van der Waals surface area contributed by atoms with Crippen LogP contribution in [0.1, 0.15) is 43.1 Å². The first-order chi connectivity index (χ1) is 12.2. The summed E-state index contributed by atoms with van der Waals surface area (Å²) in [4.78, 5) is 35.2. The Kier molecular flexibility index (Phi) is 7.66. The predicted molar refractivity (Wildman–Crippen MR) is 94.5 cm³/mol. The number of carbonyl (C=O) groups is 3. The van der Waals surface area contributed by atoms with Gasteiger partial charge in [0, 0.05) is 12.0 Å². The van der Waals surface area contributed by atoms with Crippen LogP contribution in [0.5, 0.6) is 0 Å². The minimum atomic E-state index is -0.967. The molecule has 1 aromatic rings. The van der Waals surface area contributed by atoms with Crippen molar-refractivity contribution in [2.75, 3.05) is 14.2 Å². The highest BCUT2D eigenvalue weighted by molar-refractivity contribution is 5.89. The lowest BCUT2D eigenvalue weighted by Crippen LogP contribution is -2.43. The molecule has 0 saturated heterocycles. The standard InChI is InChI=1S/C19H23NO6/c1-19(2,3)26-18(23)20-15(17(22)25-5)11-7-9-13-8-6-10-14(12-13)16(21)24-4/h6,8,10,12,15H,11H2,1-5H3,(H,20,23). The van der Waals surface area contributed by atoms with Crippen molar-refractivity contribution in [2.45, 2.75) is 38.8 Å². The van der Waals surface area contributed by atoms with E-state index in [-0.39, 0.29) is 6.42 Å². The molecule has 0 aliphatic rings. The van der Waals surface area contributed by atoms with E-state index in [9.17, 15) is 14.4 Å². The van der Waals surface area contributed by atoms with Crippen LogP contribution in [-0.4, -0.2) is 43.9 Å². The zero-order chi connectivity index (χ0) is 19.7. The van der Waals surface area contributed by atoms with E-state index in [1.807, 2.05) is 0 Å². The first-order valence-electron chi connectivity index (χ1n) is 7.91. The molecule has 26 heavy (non-hydrogen) atoms. The van der Waals surface area contributed by atoms with Gasteiger partial charge in [-0.1, -0.05) is 17.9 Å². The van der Waals surface area contributed by atoms with Crippen LogP contribution in [0.15, 0.2) is 24.3 Å². The second-order valence-electron chi connectivity index (χ2n) is 6.30. The number of amides is 1. The fraction of sp³-hybridized carbons (Fsp3) is 0.421. The Labute approximate surface area is 153 Å². The summed E-state index contributed by atoms with van der Waals surface area (Å²) in [6, 6.07) is 5.61. The summed E-state index contributed by atoms with van der Waals surface area (Å²) in [5, 5.41) is 2.44. The molecule has 0 radical (unpaired) electrons. The molecule has 1 atom stereocenters. The molecular weight excluding hydrogens is 338 g/mol. The van der Waals surface area contributed by atoms with Crippen LogP contribution in [0, 0.1) is 11.8 Å². The van der Waals surface area contributed by atoms with Gasteiger partial charge < -0.3 is 19.5 Å². The van der Waals surface area contributed by atoms with Gasteiger partial charge in [-0.25, -0.2) is 14.4 Å². The topological polar surface area (TPSA) is 90.9 Å². The maximum Gasteiger partial charge on any atom is 0.408 e. The van der Waals surface area contributed by atoms with E-state index in [1.54, 1.807) is 45.0 Å². The number of carbonyl (C=O) groups excluding carboxylic acids is 3. The van der Waals surface area contributed by atoms with Gasteiger partial charge >= 0.3 is 18.0 Å². The summed E-state index contributed by atoms with van der Waals surface area (Å²) in [6.07, 6.45) is -0.712. The maximum absolute atomic E-state index is 11.8. The zero-order valence-electron chi connectivity index (χ0n) is 15.5. The summed E-state index contributed by atoms with van der Waals surface area (Å²) in [5.74, 6) is 4.54. The van der Waals surface area contributed by atoms with Gasteiger partial charge in [0.05, 0.1) is 19.8 Å². The Morgan fingerprint density at radius 1 is 1.15 bits per heavy atom. The number of nitrogens with one attached hydrogen (secondary N) is 1. The monoisotopic (exact) mass is 361 g/mol. The fourth-order valence-corrected chi connectivity index (χ4v) is 1.88. The number of ether oxygens (including phenoxy) is 3. The molecule has 7 heteroatoms. The van der Waals surface area contributed by atoms with Crippen LogP contribution in [0.25, 0.3) is 0 Å². The number of benzene rings is 1. The van der Waals surface area contributed by atoms with Crippen LogP contribution >= 0.6 is 0 Å². The average Bonchev–Trinajstić information content (AvgIpc) is 2.58. The molecule has 1 unspecified atom stereocenters. The lowest BCUT2D eigenvalue weighted by atomic mass is 10.1. The molecule has 1 amide bonds. The molecule has 0 saturated carbocycles. The highest BCUT2D eigenvalue weighted by atomic mass is 16.6. The molecule has 7 nitrogen and oxygen atoms in total. The Morgan fingerprint density at radius 2 is 1.85 bits per heavy atom. The van der Waals surface area contributed by atoms with Crippen molar-refractivity contribution < 1.29 is 28.6 Å². The molecule has 0 spiro atoms. The SMILES string of the molecule is COC(=O)c1cccc(C#CCC(NC(=O)OC(C)(C)C)C(=O)OC)c1. The zero-order valence-corrected chi connectivity index (χ0v) is 15.5. The number of methoxy groups -OCH3 is 2. The molecule has 1 N–H and O–H groups in total. The van der Waals surface area contributed by atoms with Crippen LogP contribution < -0.4 is 5.32 Å². The van der Waals surface area contributed by atoms with E-state index >= 15 is 0 Å². The predicted octanol–water partition coefficient (Wildman–Crippen LogP) is 2.28. The van der Waals surface area contributed by atoms with Crippen LogP contribution in [0.4, 0.5) is 4.79 Å². The quantitative estimate of drug-likeness (QED) is 0.503. The molecule has 1 rings (SSSR count). The van der Waals surface area contributed by atoms with Crippen LogP contribution in [-0.2, 0) is 19.0 Å². The minimum Gasteiger partial charge on any atom is -0.467 e. The Morgan fingerprint density at radius 3 is 2.42 bits per heavy atom. The molecule has 0 aliphatic carbocycles. The summed E-state index contributed by atoms with van der Waals surface area (Å²) in [5.41, 5.74) is 0.259. The van der Waals surface area contributed by atoms with E-state index in [0.717, 1.165) is 0 Å². The van der Waals surface area contributed by atoms with Crippen molar-refractivity contribution in [1.82, 2.24) is 5.32 Å². The molecule has 0 aromatic heterocycles. The van der Waals surface area contributed by atoms with Crippen molar-refractivity contribution >= 4 is 18.0 Å². The van der Waals surface area contributed by atoms with E-state index in [2.05, 4.69) is 26.6 Å². The lowest BCUT2D eigenvalue weighted by Gasteiger charge is -2.21. The first kappa shape index (κ1) is 21.0.